The summed E-state index contributed by atoms with van der Waals surface area (Å²) >= 11 is 0. The van der Waals surface area contributed by atoms with Crippen LogP contribution in [0.2, 0.25) is 0 Å². The number of rotatable bonds is 6. The number of nitrogens with zero attached hydrogens (tertiary/aromatic N) is 3. The summed E-state index contributed by atoms with van der Waals surface area (Å²) in [5.74, 6) is 0.162. The Morgan fingerprint density at radius 2 is 1.80 bits per heavy atom. The number of benzene rings is 3. The number of fused-ring (bicyclic) bond motifs is 1. The normalized spacial score (nSPS) is 11.8. The van der Waals surface area contributed by atoms with Crippen LogP contribution in [-0.4, -0.2) is 36.6 Å². The van der Waals surface area contributed by atoms with Crippen molar-refractivity contribution in [1.82, 2.24) is 9.97 Å². The fraction of sp³-hybridized carbons (Fsp3) is 0.148. The van der Waals surface area contributed by atoms with Gasteiger partial charge in [-0.2, -0.15) is 13.2 Å². The van der Waals surface area contributed by atoms with Crippen molar-refractivity contribution < 1.29 is 22.7 Å². The number of hydrogen-bond acceptors (Lipinski definition) is 4. The van der Waals surface area contributed by atoms with Gasteiger partial charge in [0, 0.05) is 37.0 Å². The molecule has 1 aromatic heterocycles. The number of amides is 1. The first kappa shape index (κ1) is 24.1. The maximum atomic E-state index is 13.1. The van der Waals surface area contributed by atoms with E-state index in [9.17, 15) is 18.0 Å². The van der Waals surface area contributed by atoms with Gasteiger partial charge in [0.2, 0.25) is 0 Å². The minimum absolute atomic E-state index is 0.161. The molecule has 5 nitrogen and oxygen atoms in total. The van der Waals surface area contributed by atoms with Crippen molar-refractivity contribution in [3.63, 3.8) is 0 Å². The monoisotopic (exact) mass is 477 g/mol. The highest BCUT2D eigenvalue weighted by Crippen LogP contribution is 2.32. The third kappa shape index (κ3) is 5.55. The molecule has 0 fully saturated rings. The quantitative estimate of drug-likeness (QED) is 0.329. The Morgan fingerprint density at radius 3 is 2.57 bits per heavy atom. The van der Waals surface area contributed by atoms with Crippen LogP contribution in [0.5, 0.6) is 0 Å². The van der Waals surface area contributed by atoms with E-state index in [1.165, 1.54) is 24.1 Å². The van der Waals surface area contributed by atoms with Gasteiger partial charge in [-0.05, 0) is 59.7 Å². The lowest BCUT2D eigenvalue weighted by atomic mass is 10.0. The van der Waals surface area contributed by atoms with Crippen LogP contribution in [0.15, 0.2) is 79.0 Å². The number of carbonyl (C=O) groups excluding carboxylic acids is 1. The number of methoxy groups -OCH3 is 1. The second-order valence-corrected chi connectivity index (χ2v) is 7.85. The van der Waals surface area contributed by atoms with Gasteiger partial charge in [0.1, 0.15) is 0 Å². The first-order chi connectivity index (χ1) is 16.8. The first-order valence-corrected chi connectivity index (χ1v) is 10.7. The second-order valence-electron chi connectivity index (χ2n) is 7.85. The lowest BCUT2D eigenvalue weighted by Gasteiger charge is -2.19. The zero-order valence-corrected chi connectivity index (χ0v) is 19.1. The van der Waals surface area contributed by atoms with Gasteiger partial charge in [-0.1, -0.05) is 30.3 Å². The number of aromatic nitrogens is 2. The first-order valence-electron chi connectivity index (χ1n) is 10.7. The molecule has 0 aliphatic heterocycles. The molecule has 0 bridgehead atoms. The number of ether oxygens (including phenoxy) is 1. The van der Waals surface area contributed by atoms with Crippen LogP contribution in [0.3, 0.4) is 0 Å². The minimum atomic E-state index is -4.49. The summed E-state index contributed by atoms with van der Waals surface area (Å²) in [5.41, 5.74) is 2.14. The van der Waals surface area contributed by atoms with Gasteiger partial charge >= 0.3 is 6.18 Å². The van der Waals surface area contributed by atoms with E-state index < -0.39 is 17.6 Å². The molecule has 178 valence electrons. The Balaban J connectivity index is 1.60. The summed E-state index contributed by atoms with van der Waals surface area (Å²) in [7, 11) is 3.07. The van der Waals surface area contributed by atoms with Crippen molar-refractivity contribution in [2.45, 2.75) is 6.18 Å². The van der Waals surface area contributed by atoms with E-state index in [1.807, 2.05) is 30.3 Å². The van der Waals surface area contributed by atoms with Gasteiger partial charge in [0.15, 0.2) is 5.82 Å². The van der Waals surface area contributed by atoms with Crippen LogP contribution in [0.4, 0.5) is 18.9 Å². The molecule has 0 unspecified atom stereocenters. The van der Waals surface area contributed by atoms with Crippen LogP contribution >= 0.6 is 0 Å². The van der Waals surface area contributed by atoms with E-state index in [4.69, 9.17) is 4.74 Å². The fourth-order valence-corrected chi connectivity index (χ4v) is 3.59. The topological polar surface area (TPSA) is 55.3 Å². The molecule has 0 radical (unpaired) electrons. The van der Waals surface area contributed by atoms with E-state index in [2.05, 4.69) is 9.97 Å². The predicted octanol–water partition coefficient (Wildman–Crippen LogP) is 6.25. The molecule has 3 aromatic carbocycles. The Kier molecular flexibility index (Phi) is 6.93. The molecule has 1 heterocycles. The van der Waals surface area contributed by atoms with Gasteiger partial charge in [0.05, 0.1) is 17.7 Å². The highest BCUT2D eigenvalue weighted by Gasteiger charge is 2.31. The standard InChI is InChI=1S/C27H22F3N3O2/c1-33(23-9-4-8-22(16-23)27(28,29)30)26(34)20-7-3-6-18(14-20)19-11-12-24-21(15-19)17-31-25(32-24)10-5-13-35-2/h3-12,14-17H,13H2,1-2H3/b10-5+. The smallest absolute Gasteiger partial charge is 0.381 e. The van der Waals surface area contributed by atoms with Crippen LogP contribution in [-0.2, 0) is 10.9 Å². The lowest BCUT2D eigenvalue weighted by molar-refractivity contribution is -0.137. The molecule has 35 heavy (non-hydrogen) atoms. The van der Waals surface area contributed by atoms with Gasteiger partial charge in [-0.25, -0.2) is 9.97 Å². The molecule has 0 spiro atoms. The lowest BCUT2D eigenvalue weighted by Crippen LogP contribution is -2.26. The summed E-state index contributed by atoms with van der Waals surface area (Å²) in [6, 6.07) is 17.4. The summed E-state index contributed by atoms with van der Waals surface area (Å²) in [6.07, 6.45) is 0.858. The molecular formula is C27H22F3N3O2. The van der Waals surface area contributed by atoms with E-state index in [0.717, 1.165) is 34.2 Å². The van der Waals surface area contributed by atoms with Crippen molar-refractivity contribution in [1.29, 1.82) is 0 Å². The van der Waals surface area contributed by atoms with Crippen molar-refractivity contribution in [3.8, 4) is 11.1 Å². The third-order valence-corrected chi connectivity index (χ3v) is 5.44. The van der Waals surface area contributed by atoms with Crippen LogP contribution in [0, 0.1) is 0 Å². The number of halogens is 3. The molecular weight excluding hydrogens is 455 g/mol. The molecule has 1 amide bonds. The molecule has 4 aromatic rings. The SMILES string of the molecule is COC/C=C/c1ncc2cc(-c3cccc(C(=O)N(C)c4cccc(C(F)(F)F)c4)c3)ccc2n1. The number of hydrogen-bond donors (Lipinski definition) is 0. The van der Waals surface area contributed by atoms with Crippen molar-refractivity contribution in [2.24, 2.45) is 0 Å². The molecule has 4 rings (SSSR count). The van der Waals surface area contributed by atoms with Crippen LogP contribution in [0.25, 0.3) is 28.1 Å². The summed E-state index contributed by atoms with van der Waals surface area (Å²) in [6.45, 7) is 0.471. The average Bonchev–Trinajstić information content (AvgIpc) is 2.87. The Morgan fingerprint density at radius 1 is 1.03 bits per heavy atom. The van der Waals surface area contributed by atoms with E-state index >= 15 is 0 Å². The molecule has 0 aliphatic rings. The van der Waals surface area contributed by atoms with Crippen molar-refractivity contribution in [2.75, 3.05) is 25.7 Å². The van der Waals surface area contributed by atoms with Crippen molar-refractivity contribution >= 4 is 28.6 Å². The molecule has 0 saturated carbocycles. The van der Waals surface area contributed by atoms with E-state index in [-0.39, 0.29) is 5.69 Å². The summed E-state index contributed by atoms with van der Waals surface area (Å²) < 4.78 is 44.2. The largest absolute Gasteiger partial charge is 0.416 e. The molecule has 0 N–H and O–H groups in total. The van der Waals surface area contributed by atoms with Gasteiger partial charge in [-0.3, -0.25) is 4.79 Å². The third-order valence-electron chi connectivity index (χ3n) is 5.44. The van der Waals surface area contributed by atoms with E-state index in [0.29, 0.717) is 18.0 Å². The Labute approximate surface area is 200 Å². The Hall–Kier alpha value is -4.04. The minimum Gasteiger partial charge on any atom is -0.381 e. The molecule has 0 atom stereocenters. The number of alkyl halides is 3. The summed E-state index contributed by atoms with van der Waals surface area (Å²) in [5, 5.41) is 0.837. The van der Waals surface area contributed by atoms with E-state index in [1.54, 1.807) is 37.6 Å². The second kappa shape index (κ2) is 10.1. The van der Waals surface area contributed by atoms with Crippen LogP contribution in [0.1, 0.15) is 21.7 Å². The zero-order chi connectivity index (χ0) is 25.0. The predicted molar refractivity (Wildman–Crippen MR) is 130 cm³/mol. The van der Waals surface area contributed by atoms with Crippen LogP contribution < -0.4 is 4.90 Å². The maximum Gasteiger partial charge on any atom is 0.416 e. The molecule has 0 aliphatic carbocycles. The highest BCUT2D eigenvalue weighted by molar-refractivity contribution is 6.06. The van der Waals surface area contributed by atoms with Crippen molar-refractivity contribution in [3.05, 3.63) is 96.0 Å². The van der Waals surface area contributed by atoms with Gasteiger partial charge < -0.3 is 9.64 Å². The summed E-state index contributed by atoms with van der Waals surface area (Å²) in [4.78, 5) is 23.1. The highest BCUT2D eigenvalue weighted by atomic mass is 19.4. The Bertz CT molecular complexity index is 1400. The molecule has 0 saturated heterocycles. The maximum absolute atomic E-state index is 13.1. The molecule has 8 heteroatoms. The van der Waals surface area contributed by atoms with Gasteiger partial charge in [0.25, 0.3) is 5.91 Å². The number of carbonyl (C=O) groups is 1. The van der Waals surface area contributed by atoms with Gasteiger partial charge in [-0.15, -0.1) is 0 Å². The number of anilines is 1. The zero-order valence-electron chi connectivity index (χ0n) is 19.1. The fourth-order valence-electron chi connectivity index (χ4n) is 3.59. The average molecular weight is 477 g/mol.